The molecule has 0 amide bonds. The van der Waals surface area contributed by atoms with E-state index in [0.717, 1.165) is 0 Å². The van der Waals surface area contributed by atoms with Gasteiger partial charge in [-0.15, -0.1) is 0 Å². The average Bonchev–Trinajstić information content (AvgIpc) is 2.84. The van der Waals surface area contributed by atoms with Crippen LogP contribution in [0.5, 0.6) is 0 Å². The van der Waals surface area contributed by atoms with Crippen LogP contribution in [0.25, 0.3) is 0 Å². The van der Waals surface area contributed by atoms with Gasteiger partial charge in [-0.25, -0.2) is 0 Å². The van der Waals surface area contributed by atoms with Crippen molar-refractivity contribution in [3.63, 3.8) is 0 Å². The molecule has 0 aromatic rings. The van der Waals surface area contributed by atoms with E-state index >= 15 is 0 Å². The monoisotopic (exact) mass is 506 g/mol. The zero-order chi connectivity index (χ0) is 25.7. The number of aliphatic hydroxyl groups excluding tert-OH is 12. The van der Waals surface area contributed by atoms with Gasteiger partial charge in [-0.1, -0.05) is 0 Å². The van der Waals surface area contributed by atoms with E-state index < -0.39 is 112 Å². The van der Waals surface area contributed by atoms with Crippen LogP contribution in [0, 0.1) is 0 Å². The summed E-state index contributed by atoms with van der Waals surface area (Å²) < 4.78 is 21.2. The van der Waals surface area contributed by atoms with Crippen LogP contribution < -0.4 is 0 Å². The first-order valence-electron chi connectivity index (χ1n) is 10.5. The average molecular weight is 506 g/mol. The Morgan fingerprint density at radius 1 is 0.618 bits per heavy atom. The van der Waals surface area contributed by atoms with Gasteiger partial charge < -0.3 is 80.2 Å². The molecule has 34 heavy (non-hydrogen) atoms. The number of rotatable bonds is 11. The van der Waals surface area contributed by atoms with Crippen molar-refractivity contribution in [2.45, 2.75) is 85.8 Å². The summed E-state index contributed by atoms with van der Waals surface area (Å²) in [4.78, 5) is 0. The predicted octanol–water partition coefficient (Wildman–Crippen LogP) is -7.94. The van der Waals surface area contributed by atoms with Gasteiger partial charge in [-0.3, -0.25) is 0 Å². The highest BCUT2D eigenvalue weighted by molar-refractivity contribution is 4.95. The maximum Gasteiger partial charge on any atom is 0.187 e. The lowest BCUT2D eigenvalue weighted by molar-refractivity contribution is -0.367. The van der Waals surface area contributed by atoms with E-state index in [-0.39, 0.29) is 0 Å². The zero-order valence-corrected chi connectivity index (χ0v) is 17.9. The molecule has 16 nitrogen and oxygen atoms in total. The fourth-order valence-electron chi connectivity index (χ4n) is 3.65. The highest BCUT2D eigenvalue weighted by Crippen LogP contribution is 2.30. The summed E-state index contributed by atoms with van der Waals surface area (Å²) in [6.45, 7) is -3.52. The van der Waals surface area contributed by atoms with Crippen LogP contribution >= 0.6 is 0 Å². The molecule has 2 saturated heterocycles. The minimum Gasteiger partial charge on any atom is -0.394 e. The Bertz CT molecular complexity index is 594. The van der Waals surface area contributed by atoms with E-state index in [0.29, 0.717) is 0 Å². The first-order valence-corrected chi connectivity index (χ1v) is 10.5. The molecular weight excluding hydrogens is 472 g/mol. The first kappa shape index (κ1) is 29.6. The molecule has 16 heteroatoms. The van der Waals surface area contributed by atoms with Crippen LogP contribution in [0.1, 0.15) is 0 Å². The Labute approximate surface area is 193 Å². The van der Waals surface area contributed by atoms with Gasteiger partial charge in [0.25, 0.3) is 0 Å². The van der Waals surface area contributed by atoms with E-state index in [9.17, 15) is 56.2 Å². The summed E-state index contributed by atoms with van der Waals surface area (Å²) in [6.07, 6.45) is -24.7. The van der Waals surface area contributed by atoms with Crippen molar-refractivity contribution in [3.8, 4) is 0 Å². The van der Waals surface area contributed by atoms with E-state index in [4.69, 9.17) is 24.1 Å². The largest absolute Gasteiger partial charge is 0.394 e. The zero-order valence-electron chi connectivity index (χ0n) is 17.9. The van der Waals surface area contributed by atoms with Crippen LogP contribution in [0.15, 0.2) is 0 Å². The summed E-state index contributed by atoms with van der Waals surface area (Å²) in [5.74, 6) is 0. The third kappa shape index (κ3) is 6.37. The predicted molar refractivity (Wildman–Crippen MR) is 103 cm³/mol. The first-order chi connectivity index (χ1) is 16.0. The van der Waals surface area contributed by atoms with Crippen molar-refractivity contribution in [1.82, 2.24) is 0 Å². The summed E-state index contributed by atoms with van der Waals surface area (Å²) in [7, 11) is 0. The molecule has 12 N–H and O–H groups in total. The topological polar surface area (TPSA) is 280 Å². The molecule has 2 fully saturated rings. The van der Waals surface area contributed by atoms with Crippen LogP contribution in [0.4, 0.5) is 0 Å². The molecule has 0 spiro atoms. The summed E-state index contributed by atoms with van der Waals surface area (Å²) in [5.41, 5.74) is 0. The second kappa shape index (κ2) is 13.1. The van der Waals surface area contributed by atoms with Crippen molar-refractivity contribution in [2.24, 2.45) is 0 Å². The molecule has 2 aliphatic heterocycles. The number of ether oxygens (including phenoxy) is 4. The van der Waals surface area contributed by atoms with E-state index in [1.165, 1.54) is 0 Å². The Kier molecular flexibility index (Phi) is 11.4. The van der Waals surface area contributed by atoms with Gasteiger partial charge in [0.05, 0.1) is 26.4 Å². The summed E-state index contributed by atoms with van der Waals surface area (Å²) in [5, 5.41) is 118. The molecule has 14 atom stereocenters. The standard InChI is InChI=1S/C18H34O16/c19-1-5(23)9(25)15(6(24)2-20)33-18-14(30)12(28)16(8(4-22)32-18)34-17-13(29)11(27)10(26)7(3-21)31-17/h5-30H,1-4H2/t5-,6-,7+,8+,9-,10-,11-,12+,13+,14+,15-,16-,17-,18-/m0/s1. The molecule has 0 aromatic heterocycles. The van der Waals surface area contributed by atoms with Crippen LogP contribution in [0.2, 0.25) is 0 Å². The van der Waals surface area contributed by atoms with Gasteiger partial charge in [0.2, 0.25) is 0 Å². The summed E-state index contributed by atoms with van der Waals surface area (Å²) in [6, 6.07) is 0. The third-order valence-corrected chi connectivity index (χ3v) is 5.74. The highest BCUT2D eigenvalue weighted by Gasteiger charge is 2.51. The van der Waals surface area contributed by atoms with Crippen LogP contribution in [-0.2, 0) is 18.9 Å². The van der Waals surface area contributed by atoms with Crippen LogP contribution in [-0.4, -0.2) is 174 Å². The van der Waals surface area contributed by atoms with Crippen molar-refractivity contribution < 1.29 is 80.2 Å². The van der Waals surface area contributed by atoms with Gasteiger partial charge in [0.15, 0.2) is 12.6 Å². The third-order valence-electron chi connectivity index (χ3n) is 5.74. The van der Waals surface area contributed by atoms with E-state index in [2.05, 4.69) is 0 Å². The SMILES string of the molecule is OC[C@H](O)[C@H](O)[C@@H](O[C@@H]1O[C@H](CO)[C@H](O[C@@H]2O[C@H](CO)[C@H](O)[C@H](O)[C@H]2O)[C@H](O)[C@H]1O)[C@@H](O)CO. The molecule has 0 aromatic carbocycles. The van der Waals surface area contributed by atoms with Gasteiger partial charge in [0.1, 0.15) is 73.2 Å². The lowest BCUT2D eigenvalue weighted by atomic mass is 9.96. The number of aliphatic hydroxyl groups is 12. The molecule has 2 aliphatic rings. The smallest absolute Gasteiger partial charge is 0.187 e. The quantitative estimate of drug-likeness (QED) is 0.124. The maximum atomic E-state index is 10.6. The fraction of sp³-hybridized carbons (Fsp3) is 1.00. The molecular formula is C18H34O16. The summed E-state index contributed by atoms with van der Waals surface area (Å²) >= 11 is 0. The Hall–Kier alpha value is -0.640. The van der Waals surface area contributed by atoms with Crippen molar-refractivity contribution in [1.29, 1.82) is 0 Å². The molecule has 2 rings (SSSR count). The molecule has 0 bridgehead atoms. The van der Waals surface area contributed by atoms with Gasteiger partial charge in [-0.2, -0.15) is 0 Å². The lowest BCUT2D eigenvalue weighted by Crippen LogP contribution is -2.65. The van der Waals surface area contributed by atoms with Crippen molar-refractivity contribution in [2.75, 3.05) is 26.4 Å². The molecule has 0 saturated carbocycles. The number of hydrogen-bond acceptors (Lipinski definition) is 16. The number of hydrogen-bond donors (Lipinski definition) is 12. The van der Waals surface area contributed by atoms with E-state index in [1.54, 1.807) is 0 Å². The molecule has 0 radical (unpaired) electrons. The second-order valence-corrected chi connectivity index (χ2v) is 8.10. The van der Waals surface area contributed by atoms with Crippen molar-refractivity contribution >= 4 is 0 Å². The second-order valence-electron chi connectivity index (χ2n) is 8.10. The van der Waals surface area contributed by atoms with Gasteiger partial charge in [-0.05, 0) is 0 Å². The molecule has 202 valence electrons. The normalized spacial score (nSPS) is 42.7. The Morgan fingerprint density at radius 2 is 1.15 bits per heavy atom. The molecule has 0 aliphatic carbocycles. The maximum absolute atomic E-state index is 10.6. The van der Waals surface area contributed by atoms with Crippen LogP contribution in [0.3, 0.4) is 0 Å². The minimum atomic E-state index is -1.98. The fourth-order valence-corrected chi connectivity index (χ4v) is 3.65. The highest BCUT2D eigenvalue weighted by atomic mass is 16.7. The Morgan fingerprint density at radius 3 is 1.68 bits per heavy atom. The van der Waals surface area contributed by atoms with Gasteiger partial charge in [0, 0.05) is 0 Å². The van der Waals surface area contributed by atoms with Gasteiger partial charge >= 0.3 is 0 Å². The van der Waals surface area contributed by atoms with Crippen molar-refractivity contribution in [3.05, 3.63) is 0 Å². The lowest BCUT2D eigenvalue weighted by Gasteiger charge is -2.46. The molecule has 2 heterocycles. The Balaban J connectivity index is 2.17. The molecule has 0 unspecified atom stereocenters. The minimum absolute atomic E-state index is 0.757. The van der Waals surface area contributed by atoms with E-state index in [1.807, 2.05) is 0 Å².